The highest BCUT2D eigenvalue weighted by Crippen LogP contribution is 2.20. The van der Waals surface area contributed by atoms with Crippen LogP contribution in [0.2, 0.25) is 0 Å². The van der Waals surface area contributed by atoms with Crippen LogP contribution in [0.4, 0.5) is 0 Å². The smallest absolute Gasteiger partial charge is 0.265 e. The van der Waals surface area contributed by atoms with Gasteiger partial charge in [0.1, 0.15) is 11.5 Å². The normalized spacial score (nSPS) is 19.2. The van der Waals surface area contributed by atoms with Gasteiger partial charge in [0.2, 0.25) is 11.8 Å². The fraction of sp³-hybridized carbons (Fsp3) is 0.429. The molecule has 2 aliphatic heterocycles. The molecule has 31 heavy (non-hydrogen) atoms. The van der Waals surface area contributed by atoms with Crippen molar-refractivity contribution in [2.75, 3.05) is 26.2 Å². The molecule has 0 aromatic rings. The van der Waals surface area contributed by atoms with Gasteiger partial charge in [-0.25, -0.2) is 0 Å². The maximum absolute atomic E-state index is 12.6. The molecule has 0 N–H and O–H groups in total. The lowest BCUT2D eigenvalue weighted by atomic mass is 10.0. The number of carbonyl (C=O) groups is 4. The highest BCUT2D eigenvalue weighted by molar-refractivity contribution is 7.80. The van der Waals surface area contributed by atoms with Crippen LogP contribution in [0.25, 0.3) is 0 Å². The van der Waals surface area contributed by atoms with Crippen molar-refractivity contribution in [3.8, 4) is 0 Å². The number of rotatable bonds is 7. The second-order valence-corrected chi connectivity index (χ2v) is 7.39. The predicted molar refractivity (Wildman–Crippen MR) is 125 cm³/mol. The molecule has 0 saturated carbocycles. The van der Waals surface area contributed by atoms with Gasteiger partial charge in [-0.15, -0.1) is 0 Å². The second-order valence-electron chi connectivity index (χ2n) is 6.66. The van der Waals surface area contributed by atoms with Gasteiger partial charge in [0.15, 0.2) is 10.2 Å². The number of likely N-dealkylation sites (N-methyl/N-ethyl adjacent to an activating group) is 2. The Morgan fingerprint density at radius 1 is 0.677 bits per heavy atom. The van der Waals surface area contributed by atoms with Gasteiger partial charge in [-0.2, -0.15) is 0 Å². The van der Waals surface area contributed by atoms with Crippen molar-refractivity contribution in [2.45, 2.75) is 27.7 Å². The van der Waals surface area contributed by atoms with Gasteiger partial charge in [-0.05, 0) is 58.2 Å². The maximum atomic E-state index is 12.6. The van der Waals surface area contributed by atoms with Crippen molar-refractivity contribution in [1.82, 2.24) is 19.6 Å². The molecular formula is C21H26N4O4S2. The van der Waals surface area contributed by atoms with E-state index in [4.69, 9.17) is 24.4 Å². The summed E-state index contributed by atoms with van der Waals surface area (Å²) in [5, 5.41) is 0.423. The Kier molecular flexibility index (Phi) is 8.35. The molecule has 0 aromatic heterocycles. The molecular weight excluding hydrogens is 436 g/mol. The monoisotopic (exact) mass is 462 g/mol. The van der Waals surface area contributed by atoms with E-state index in [1.54, 1.807) is 39.8 Å². The van der Waals surface area contributed by atoms with Crippen LogP contribution in [0.15, 0.2) is 36.0 Å². The van der Waals surface area contributed by atoms with Crippen LogP contribution in [0.5, 0.6) is 0 Å². The number of amides is 4. The van der Waals surface area contributed by atoms with Gasteiger partial charge in [0.05, 0.1) is 0 Å². The van der Waals surface area contributed by atoms with Crippen LogP contribution in [-0.2, 0) is 19.2 Å². The zero-order chi connectivity index (χ0) is 23.3. The number of allylic oxidation sites excluding steroid dienone is 4. The summed E-state index contributed by atoms with van der Waals surface area (Å²) in [6.07, 6.45) is 7.54. The number of thiocarbonyl (C=S) groups is 2. The minimum atomic E-state index is -0.967. The standard InChI is InChI=1S/C21H26N4O4S2/c1-5-22-16(26)14(17(27)23(6-2)20(22)30)12-10-9-11-13-15-18(28)24(7-3)21(31)25(8-4)19(15)29/h9-14H,5-8H2,1-4H3. The molecule has 0 spiro atoms. The zero-order valence-electron chi connectivity index (χ0n) is 18.0. The minimum Gasteiger partial charge on any atom is -0.288 e. The molecule has 2 saturated heterocycles. The summed E-state index contributed by atoms with van der Waals surface area (Å²) in [6.45, 7) is 8.63. The number of carbonyl (C=O) groups excluding carboxylic acids is 4. The summed E-state index contributed by atoms with van der Waals surface area (Å²) in [4.78, 5) is 55.9. The molecule has 2 heterocycles. The molecule has 10 heteroatoms. The average molecular weight is 463 g/mol. The van der Waals surface area contributed by atoms with E-state index in [1.165, 1.54) is 37.8 Å². The Hall–Kier alpha value is -2.72. The quantitative estimate of drug-likeness (QED) is 0.188. The SMILES string of the molecule is CCN1C(=O)C(=CC=CC=CC2C(=O)N(CC)C(=S)N(CC)C2=O)C(=O)N(CC)C1=S. The van der Waals surface area contributed by atoms with Gasteiger partial charge >= 0.3 is 0 Å². The van der Waals surface area contributed by atoms with Crippen molar-refractivity contribution in [1.29, 1.82) is 0 Å². The molecule has 2 fully saturated rings. The van der Waals surface area contributed by atoms with Crippen molar-refractivity contribution in [2.24, 2.45) is 5.92 Å². The summed E-state index contributed by atoms with van der Waals surface area (Å²) in [6, 6.07) is 0. The highest BCUT2D eigenvalue weighted by atomic mass is 32.1. The lowest BCUT2D eigenvalue weighted by Crippen LogP contribution is -2.58. The first-order chi connectivity index (χ1) is 14.7. The second kappa shape index (κ2) is 10.5. The first-order valence-electron chi connectivity index (χ1n) is 10.1. The molecule has 0 aliphatic carbocycles. The van der Waals surface area contributed by atoms with Gasteiger partial charge in [-0.3, -0.25) is 38.8 Å². The summed E-state index contributed by atoms with van der Waals surface area (Å²) in [5.74, 6) is -2.59. The summed E-state index contributed by atoms with van der Waals surface area (Å²) >= 11 is 10.5. The van der Waals surface area contributed by atoms with Crippen molar-refractivity contribution in [3.05, 3.63) is 36.0 Å². The lowest BCUT2D eigenvalue weighted by molar-refractivity contribution is -0.144. The van der Waals surface area contributed by atoms with Crippen molar-refractivity contribution >= 4 is 58.3 Å². The van der Waals surface area contributed by atoms with Crippen LogP contribution >= 0.6 is 24.4 Å². The third kappa shape index (κ3) is 4.64. The number of nitrogens with zero attached hydrogens (tertiary/aromatic N) is 4. The Balaban J connectivity index is 2.21. The van der Waals surface area contributed by atoms with E-state index in [1.807, 2.05) is 0 Å². The average Bonchev–Trinajstić information content (AvgIpc) is 2.73. The molecule has 2 aliphatic rings. The topological polar surface area (TPSA) is 81.2 Å². The van der Waals surface area contributed by atoms with Crippen LogP contribution in [0, 0.1) is 5.92 Å². The largest absolute Gasteiger partial charge is 0.288 e. The number of hydrogen-bond acceptors (Lipinski definition) is 6. The van der Waals surface area contributed by atoms with E-state index < -0.39 is 17.7 Å². The van der Waals surface area contributed by atoms with Crippen LogP contribution in [0.1, 0.15) is 27.7 Å². The number of hydrogen-bond donors (Lipinski definition) is 0. The first kappa shape index (κ1) is 24.5. The first-order valence-corrected chi connectivity index (χ1v) is 11.0. The molecule has 0 unspecified atom stereocenters. The van der Waals surface area contributed by atoms with Crippen LogP contribution < -0.4 is 0 Å². The Morgan fingerprint density at radius 2 is 1.10 bits per heavy atom. The van der Waals surface area contributed by atoms with Crippen LogP contribution in [0.3, 0.4) is 0 Å². The molecule has 8 nitrogen and oxygen atoms in total. The maximum Gasteiger partial charge on any atom is 0.265 e. The summed E-state index contributed by atoms with van der Waals surface area (Å²) in [5.41, 5.74) is 0.00596. The fourth-order valence-electron chi connectivity index (χ4n) is 3.32. The third-order valence-electron chi connectivity index (χ3n) is 4.99. The molecule has 0 bridgehead atoms. The highest BCUT2D eigenvalue weighted by Gasteiger charge is 2.41. The minimum absolute atomic E-state index is 0.00596. The van der Waals surface area contributed by atoms with E-state index in [0.29, 0.717) is 26.2 Å². The molecule has 0 radical (unpaired) electrons. The van der Waals surface area contributed by atoms with E-state index >= 15 is 0 Å². The molecule has 166 valence electrons. The molecule has 0 atom stereocenters. The van der Waals surface area contributed by atoms with E-state index in [0.717, 1.165) is 0 Å². The van der Waals surface area contributed by atoms with Gasteiger partial charge < -0.3 is 0 Å². The van der Waals surface area contributed by atoms with Gasteiger partial charge in [0.25, 0.3) is 11.8 Å². The van der Waals surface area contributed by atoms with E-state index in [-0.39, 0.29) is 27.6 Å². The Morgan fingerprint density at radius 3 is 1.52 bits per heavy atom. The molecule has 2 rings (SSSR count). The molecule has 0 aromatic carbocycles. The van der Waals surface area contributed by atoms with Gasteiger partial charge in [-0.1, -0.05) is 24.3 Å². The van der Waals surface area contributed by atoms with Crippen LogP contribution in [-0.4, -0.2) is 79.6 Å². The fourth-order valence-corrected chi connectivity index (χ4v) is 4.18. The van der Waals surface area contributed by atoms with Crippen molar-refractivity contribution in [3.63, 3.8) is 0 Å². The van der Waals surface area contributed by atoms with Gasteiger partial charge in [0, 0.05) is 26.2 Å². The van der Waals surface area contributed by atoms with E-state index in [2.05, 4.69) is 0 Å². The summed E-state index contributed by atoms with van der Waals surface area (Å²) in [7, 11) is 0. The van der Waals surface area contributed by atoms with E-state index in [9.17, 15) is 19.2 Å². The molecule has 4 amide bonds. The Bertz CT molecular complexity index is 855. The predicted octanol–water partition coefficient (Wildman–Crippen LogP) is 1.63. The lowest BCUT2D eigenvalue weighted by Gasteiger charge is -2.37. The third-order valence-corrected chi connectivity index (χ3v) is 5.87. The summed E-state index contributed by atoms with van der Waals surface area (Å²) < 4.78 is 0. The Labute approximate surface area is 192 Å². The zero-order valence-corrected chi connectivity index (χ0v) is 19.7. The van der Waals surface area contributed by atoms with Crippen molar-refractivity contribution < 1.29 is 19.2 Å².